The van der Waals surface area contributed by atoms with Crippen molar-refractivity contribution in [2.24, 2.45) is 0 Å². The Bertz CT molecular complexity index is 463. The molecule has 2 rings (SSSR count). The molecule has 0 atom stereocenters. The van der Waals surface area contributed by atoms with Gasteiger partial charge in [-0.15, -0.1) is 0 Å². The van der Waals surface area contributed by atoms with Crippen LogP contribution >= 0.6 is 0 Å². The largest absolute Gasteiger partial charge is 0.673 e. The van der Waals surface area contributed by atoms with Crippen LogP contribution in [0.4, 0.5) is 17.3 Å². The second-order valence-corrected chi connectivity index (χ2v) is 3.37. The van der Waals surface area contributed by atoms with Crippen molar-refractivity contribution >= 4 is 7.25 Å². The molecule has 0 fully saturated rings. The van der Waals surface area contributed by atoms with E-state index < -0.39 is 7.25 Å². The zero-order chi connectivity index (χ0) is 13.6. The summed E-state index contributed by atoms with van der Waals surface area (Å²) in [5.74, 6) is 0.919. The lowest BCUT2D eigenvalue weighted by atomic mass is 10.2. The molecule has 18 heavy (non-hydrogen) atoms. The molecule has 0 amide bonds. The number of hydrogen-bond donors (Lipinski definition) is 0. The molecular weight excluding hydrogens is 249 g/mol. The summed E-state index contributed by atoms with van der Waals surface area (Å²) in [5, 5.41) is 0. The number of nitrogens with zero attached hydrogens (tertiary/aromatic N) is 1. The van der Waals surface area contributed by atoms with Crippen LogP contribution in [-0.2, 0) is 6.54 Å². The maximum Gasteiger partial charge on any atom is 0.673 e. The van der Waals surface area contributed by atoms with Crippen molar-refractivity contribution in [1.82, 2.24) is 0 Å². The Morgan fingerprint density at radius 3 is 2.06 bits per heavy atom. The molecule has 2 aromatic rings. The molecule has 0 aliphatic heterocycles. The van der Waals surface area contributed by atoms with Gasteiger partial charge in [-0.05, 0) is 11.7 Å². The van der Waals surface area contributed by atoms with Crippen LogP contribution in [-0.4, -0.2) is 7.25 Å². The third kappa shape index (κ3) is 5.52. The molecule has 0 aliphatic rings. The number of aromatic nitrogens is 1. The lowest BCUT2D eigenvalue weighted by Crippen LogP contribution is -2.27. The van der Waals surface area contributed by atoms with E-state index >= 15 is 0 Å². The van der Waals surface area contributed by atoms with Crippen molar-refractivity contribution in [3.8, 4) is 11.3 Å². The highest BCUT2D eigenvalue weighted by atomic mass is 19.5. The van der Waals surface area contributed by atoms with Gasteiger partial charge in [-0.3, -0.25) is 0 Å². The molecule has 0 N–H and O–H groups in total. The molecule has 0 spiro atoms. The third-order valence-electron chi connectivity index (χ3n) is 1.98. The second kappa shape index (κ2) is 6.23. The summed E-state index contributed by atoms with van der Waals surface area (Å²) >= 11 is 0. The van der Waals surface area contributed by atoms with Gasteiger partial charge in [0.25, 0.3) is 0 Å². The van der Waals surface area contributed by atoms with Crippen LogP contribution in [0.2, 0.25) is 0 Å². The van der Waals surface area contributed by atoms with E-state index in [4.69, 9.17) is 4.52 Å². The van der Waals surface area contributed by atoms with Crippen LogP contribution in [0.15, 0.2) is 47.1 Å². The Morgan fingerprint density at radius 2 is 1.61 bits per heavy atom. The molecule has 2 nitrogen and oxygen atoms in total. The van der Waals surface area contributed by atoms with Crippen molar-refractivity contribution in [2.75, 3.05) is 0 Å². The smallest absolute Gasteiger partial charge is 0.418 e. The van der Waals surface area contributed by atoms with E-state index in [0.717, 1.165) is 17.9 Å². The highest BCUT2D eigenvalue weighted by molar-refractivity contribution is 6.50. The van der Waals surface area contributed by atoms with Gasteiger partial charge in [0, 0.05) is 5.56 Å². The summed E-state index contributed by atoms with van der Waals surface area (Å²) in [7, 11) is -6.00. The van der Waals surface area contributed by atoms with Gasteiger partial charge in [0.15, 0.2) is 6.54 Å². The van der Waals surface area contributed by atoms with Crippen molar-refractivity contribution in [3.63, 3.8) is 0 Å². The van der Waals surface area contributed by atoms with Gasteiger partial charge in [0.1, 0.15) is 0 Å². The van der Waals surface area contributed by atoms with Gasteiger partial charge < -0.3 is 17.3 Å². The molecule has 1 aromatic carbocycles. The molecule has 1 heterocycles. The fourth-order valence-electron chi connectivity index (χ4n) is 1.26. The maximum absolute atomic E-state index is 9.75. The molecule has 98 valence electrons. The Kier molecular flexibility index (Phi) is 4.94. The number of aryl methyl sites for hydroxylation is 1. The van der Waals surface area contributed by atoms with Crippen LogP contribution in [0, 0.1) is 0 Å². The van der Waals surface area contributed by atoms with E-state index in [1.165, 1.54) is 0 Å². The highest BCUT2D eigenvalue weighted by Gasteiger charge is 2.20. The van der Waals surface area contributed by atoms with E-state index in [1.807, 2.05) is 47.3 Å². The van der Waals surface area contributed by atoms with E-state index in [2.05, 4.69) is 6.92 Å². The van der Waals surface area contributed by atoms with Crippen LogP contribution < -0.4 is 4.74 Å². The average Bonchev–Trinajstić information content (AvgIpc) is 2.76. The van der Waals surface area contributed by atoms with Gasteiger partial charge in [-0.1, -0.05) is 30.3 Å². The fraction of sp³-hybridized carbons (Fsp3) is 0.182. The average molecular weight is 261 g/mol. The first-order valence-electron chi connectivity index (χ1n) is 5.32. The van der Waals surface area contributed by atoms with Crippen LogP contribution in [0.25, 0.3) is 11.3 Å². The predicted octanol–water partition coefficient (Wildman–Crippen LogP) is 3.55. The Labute approximate surface area is 102 Å². The van der Waals surface area contributed by atoms with Gasteiger partial charge in [0.2, 0.25) is 12.0 Å². The van der Waals surface area contributed by atoms with E-state index in [1.54, 1.807) is 0 Å². The van der Waals surface area contributed by atoms with Crippen molar-refractivity contribution in [3.05, 3.63) is 42.6 Å². The number of benzene rings is 1. The zero-order valence-electron chi connectivity index (χ0n) is 9.69. The number of hydrogen-bond acceptors (Lipinski definition) is 1. The first-order chi connectivity index (χ1) is 8.40. The monoisotopic (exact) mass is 261 g/mol. The summed E-state index contributed by atoms with van der Waals surface area (Å²) in [5.41, 5.74) is 1.12. The molecule has 0 unspecified atom stereocenters. The van der Waals surface area contributed by atoms with Gasteiger partial charge in [0.05, 0.1) is 6.07 Å². The first kappa shape index (κ1) is 14.3. The summed E-state index contributed by atoms with van der Waals surface area (Å²) < 4.78 is 46.3. The predicted molar refractivity (Wildman–Crippen MR) is 60.2 cm³/mol. The van der Waals surface area contributed by atoms with Crippen LogP contribution in [0.3, 0.4) is 0 Å². The minimum atomic E-state index is -6.00. The molecule has 0 radical (unpaired) electrons. The van der Waals surface area contributed by atoms with E-state index in [0.29, 0.717) is 0 Å². The standard InChI is InChI=1S/C11H12NO.BF4/c1-2-12-9-8-11(13-12)10-6-4-3-5-7-10;2-1(3,4)5/h3-9H,2H2,1H3;/q+1;-1. The molecule has 0 saturated heterocycles. The SMILES string of the molecule is CC[n+]1ccc(-c2ccccc2)o1.F[B-](F)(F)F. The van der Waals surface area contributed by atoms with Crippen molar-refractivity contribution in [2.45, 2.75) is 13.5 Å². The normalized spacial score (nSPS) is 10.7. The lowest BCUT2D eigenvalue weighted by molar-refractivity contribution is -0.860. The first-order valence-corrected chi connectivity index (χ1v) is 5.32. The number of rotatable bonds is 2. The van der Waals surface area contributed by atoms with Gasteiger partial charge in [-0.2, -0.15) is 0 Å². The Morgan fingerprint density at radius 1 is 1.06 bits per heavy atom. The number of halogens is 4. The summed E-state index contributed by atoms with van der Waals surface area (Å²) in [6.45, 7) is 2.92. The van der Waals surface area contributed by atoms with E-state index in [-0.39, 0.29) is 0 Å². The Balaban J connectivity index is 0.000000280. The molecular formula is C11H12BF4NO. The minimum absolute atomic E-state index is 0.868. The van der Waals surface area contributed by atoms with Crippen molar-refractivity contribution < 1.29 is 26.5 Å². The highest BCUT2D eigenvalue weighted by Crippen LogP contribution is 2.16. The second-order valence-electron chi connectivity index (χ2n) is 3.37. The Hall–Kier alpha value is -1.79. The third-order valence-corrected chi connectivity index (χ3v) is 1.98. The molecule has 0 saturated carbocycles. The summed E-state index contributed by atoms with van der Waals surface area (Å²) in [6.07, 6.45) is 1.95. The fourth-order valence-corrected chi connectivity index (χ4v) is 1.26. The summed E-state index contributed by atoms with van der Waals surface area (Å²) in [6, 6.07) is 12.1. The minimum Gasteiger partial charge on any atom is -0.418 e. The zero-order valence-corrected chi connectivity index (χ0v) is 9.69. The van der Waals surface area contributed by atoms with Gasteiger partial charge in [-0.25, -0.2) is 4.52 Å². The lowest BCUT2D eigenvalue weighted by Gasteiger charge is -1.94. The molecule has 7 heteroatoms. The maximum atomic E-state index is 9.75. The quantitative estimate of drug-likeness (QED) is 0.459. The molecule has 0 aliphatic carbocycles. The molecule has 0 bridgehead atoms. The van der Waals surface area contributed by atoms with Crippen LogP contribution in [0.5, 0.6) is 0 Å². The van der Waals surface area contributed by atoms with Crippen molar-refractivity contribution in [1.29, 1.82) is 0 Å². The van der Waals surface area contributed by atoms with Gasteiger partial charge >= 0.3 is 7.25 Å². The topological polar surface area (TPSA) is 17.0 Å². The van der Waals surface area contributed by atoms with E-state index in [9.17, 15) is 17.3 Å². The van der Waals surface area contributed by atoms with Crippen LogP contribution in [0.1, 0.15) is 6.92 Å². The summed E-state index contributed by atoms with van der Waals surface area (Å²) in [4.78, 5) is 0. The molecule has 1 aromatic heterocycles.